The van der Waals surface area contributed by atoms with Gasteiger partial charge in [-0.2, -0.15) is 0 Å². The molecule has 1 aromatic carbocycles. The van der Waals surface area contributed by atoms with Gasteiger partial charge in [-0.1, -0.05) is 26.3 Å². The third kappa shape index (κ3) is 3.31. The highest BCUT2D eigenvalue weighted by Crippen LogP contribution is 2.26. The molecule has 0 radical (unpaired) electrons. The third-order valence-electron chi connectivity index (χ3n) is 3.23. The second-order valence-electron chi connectivity index (χ2n) is 4.83. The Morgan fingerprint density at radius 3 is 2.50 bits per heavy atom. The molecular weight excluding hydrogens is 229 g/mol. The van der Waals surface area contributed by atoms with Crippen molar-refractivity contribution in [3.63, 3.8) is 0 Å². The summed E-state index contributed by atoms with van der Waals surface area (Å²) < 4.78 is 13.7. The Balaban J connectivity index is 3.10. The molecule has 0 aliphatic rings. The summed E-state index contributed by atoms with van der Waals surface area (Å²) in [5.74, 6) is -0.311. The van der Waals surface area contributed by atoms with Crippen LogP contribution in [0.5, 0.6) is 0 Å². The standard InChI is InChI=1S/C15H22FNO/c1-5-7-11(6-2)12-8-9-14(16)13(10-12)15(18)17(3)4/h8-11H,5-7H2,1-4H3. The fourth-order valence-electron chi connectivity index (χ4n) is 2.16. The molecule has 0 fully saturated rings. The number of carbonyl (C=O) groups is 1. The van der Waals surface area contributed by atoms with Crippen molar-refractivity contribution in [2.45, 2.75) is 39.0 Å². The van der Waals surface area contributed by atoms with Crippen LogP contribution in [-0.4, -0.2) is 24.9 Å². The summed E-state index contributed by atoms with van der Waals surface area (Å²) in [6, 6.07) is 4.91. The van der Waals surface area contributed by atoms with Crippen LogP contribution in [0.3, 0.4) is 0 Å². The molecule has 0 N–H and O–H groups in total. The average molecular weight is 251 g/mol. The fourth-order valence-corrected chi connectivity index (χ4v) is 2.16. The first-order valence-electron chi connectivity index (χ1n) is 6.52. The van der Waals surface area contributed by atoms with E-state index in [2.05, 4.69) is 13.8 Å². The highest BCUT2D eigenvalue weighted by Gasteiger charge is 2.17. The van der Waals surface area contributed by atoms with E-state index in [1.807, 2.05) is 0 Å². The average Bonchev–Trinajstić information content (AvgIpc) is 2.36. The summed E-state index contributed by atoms with van der Waals surface area (Å²) in [5, 5.41) is 0. The molecule has 1 unspecified atom stereocenters. The molecule has 0 aromatic heterocycles. The predicted molar refractivity (Wildman–Crippen MR) is 72.4 cm³/mol. The number of hydrogen-bond donors (Lipinski definition) is 0. The molecule has 18 heavy (non-hydrogen) atoms. The minimum atomic E-state index is -0.441. The molecular formula is C15H22FNO. The van der Waals surface area contributed by atoms with Crippen molar-refractivity contribution in [2.75, 3.05) is 14.1 Å². The molecule has 2 nitrogen and oxygen atoms in total. The van der Waals surface area contributed by atoms with Gasteiger partial charge in [-0.05, 0) is 36.5 Å². The molecule has 1 rings (SSSR count). The van der Waals surface area contributed by atoms with Crippen LogP contribution >= 0.6 is 0 Å². The van der Waals surface area contributed by atoms with Gasteiger partial charge in [-0.3, -0.25) is 4.79 Å². The van der Waals surface area contributed by atoms with E-state index >= 15 is 0 Å². The zero-order valence-electron chi connectivity index (χ0n) is 11.7. The van der Waals surface area contributed by atoms with Crippen LogP contribution in [0.2, 0.25) is 0 Å². The zero-order chi connectivity index (χ0) is 13.7. The number of carbonyl (C=O) groups excluding carboxylic acids is 1. The highest BCUT2D eigenvalue weighted by atomic mass is 19.1. The van der Waals surface area contributed by atoms with Crippen LogP contribution in [0.1, 0.15) is 54.9 Å². The van der Waals surface area contributed by atoms with Crippen molar-refractivity contribution in [1.82, 2.24) is 4.90 Å². The molecule has 0 aliphatic carbocycles. The fraction of sp³-hybridized carbons (Fsp3) is 0.533. The maximum Gasteiger partial charge on any atom is 0.256 e. The lowest BCUT2D eigenvalue weighted by molar-refractivity contribution is 0.0823. The van der Waals surface area contributed by atoms with E-state index in [1.54, 1.807) is 26.2 Å². The van der Waals surface area contributed by atoms with Gasteiger partial charge in [0.1, 0.15) is 5.82 Å². The van der Waals surface area contributed by atoms with Crippen molar-refractivity contribution in [1.29, 1.82) is 0 Å². The molecule has 1 atom stereocenters. The quantitative estimate of drug-likeness (QED) is 0.779. The Labute approximate surface area is 109 Å². The van der Waals surface area contributed by atoms with Crippen LogP contribution in [0.25, 0.3) is 0 Å². The minimum absolute atomic E-state index is 0.173. The number of hydrogen-bond acceptors (Lipinski definition) is 1. The number of benzene rings is 1. The molecule has 0 aliphatic heterocycles. The maximum absolute atomic E-state index is 13.7. The zero-order valence-corrected chi connectivity index (χ0v) is 11.7. The monoisotopic (exact) mass is 251 g/mol. The van der Waals surface area contributed by atoms with Gasteiger partial charge in [0, 0.05) is 14.1 Å². The van der Waals surface area contributed by atoms with Crippen molar-refractivity contribution in [3.05, 3.63) is 35.1 Å². The number of nitrogens with zero attached hydrogens (tertiary/aromatic N) is 1. The lowest BCUT2D eigenvalue weighted by atomic mass is 9.91. The van der Waals surface area contributed by atoms with Gasteiger partial charge in [-0.15, -0.1) is 0 Å². The van der Waals surface area contributed by atoms with Crippen molar-refractivity contribution in [2.24, 2.45) is 0 Å². The first-order valence-corrected chi connectivity index (χ1v) is 6.52. The van der Waals surface area contributed by atoms with E-state index in [0.717, 1.165) is 24.8 Å². The summed E-state index contributed by atoms with van der Waals surface area (Å²) in [6.07, 6.45) is 3.17. The topological polar surface area (TPSA) is 20.3 Å². The van der Waals surface area contributed by atoms with Gasteiger partial charge < -0.3 is 4.90 Å². The SMILES string of the molecule is CCCC(CC)c1ccc(F)c(C(=O)N(C)C)c1. The first kappa shape index (κ1) is 14.7. The molecule has 1 aromatic rings. The lowest BCUT2D eigenvalue weighted by Crippen LogP contribution is -2.23. The second-order valence-corrected chi connectivity index (χ2v) is 4.83. The number of halogens is 1. The molecule has 0 spiro atoms. The normalized spacial score (nSPS) is 12.3. The minimum Gasteiger partial charge on any atom is -0.345 e. The number of rotatable bonds is 5. The maximum atomic E-state index is 13.7. The molecule has 0 saturated heterocycles. The molecule has 0 bridgehead atoms. The van der Waals surface area contributed by atoms with Crippen LogP contribution in [-0.2, 0) is 0 Å². The Kier molecular flexibility index (Phi) is 5.32. The van der Waals surface area contributed by atoms with Gasteiger partial charge in [0.15, 0.2) is 0 Å². The largest absolute Gasteiger partial charge is 0.345 e. The molecule has 100 valence electrons. The van der Waals surface area contributed by atoms with Gasteiger partial charge in [0.25, 0.3) is 5.91 Å². The van der Waals surface area contributed by atoms with Gasteiger partial charge >= 0.3 is 0 Å². The summed E-state index contributed by atoms with van der Waals surface area (Å²) in [5.41, 5.74) is 1.23. The number of amides is 1. The lowest BCUT2D eigenvalue weighted by Gasteiger charge is -2.17. The molecule has 1 amide bonds. The van der Waals surface area contributed by atoms with Crippen molar-refractivity contribution in [3.8, 4) is 0 Å². The predicted octanol–water partition coefficient (Wildman–Crippen LogP) is 3.82. The molecule has 0 saturated carbocycles. The van der Waals surface area contributed by atoms with E-state index < -0.39 is 5.82 Å². The van der Waals surface area contributed by atoms with E-state index in [4.69, 9.17) is 0 Å². The van der Waals surface area contributed by atoms with E-state index in [-0.39, 0.29) is 11.5 Å². The van der Waals surface area contributed by atoms with Crippen molar-refractivity contribution < 1.29 is 9.18 Å². The Morgan fingerprint density at radius 2 is 2.00 bits per heavy atom. The summed E-state index contributed by atoms with van der Waals surface area (Å²) in [6.45, 7) is 4.26. The van der Waals surface area contributed by atoms with E-state index in [9.17, 15) is 9.18 Å². The third-order valence-corrected chi connectivity index (χ3v) is 3.23. The summed E-state index contributed by atoms with van der Waals surface area (Å²) in [7, 11) is 3.27. The Bertz CT molecular complexity index is 415. The van der Waals surface area contributed by atoms with Crippen LogP contribution in [0.4, 0.5) is 4.39 Å². The van der Waals surface area contributed by atoms with Gasteiger partial charge in [0.05, 0.1) is 5.56 Å². The van der Waals surface area contributed by atoms with Gasteiger partial charge in [-0.25, -0.2) is 4.39 Å². The van der Waals surface area contributed by atoms with Crippen molar-refractivity contribution >= 4 is 5.91 Å². The van der Waals surface area contributed by atoms with Gasteiger partial charge in [0.2, 0.25) is 0 Å². The Hall–Kier alpha value is -1.38. The Morgan fingerprint density at radius 1 is 1.33 bits per heavy atom. The first-order chi connectivity index (χ1) is 8.51. The smallest absolute Gasteiger partial charge is 0.256 e. The van der Waals surface area contributed by atoms with E-state index in [1.165, 1.54) is 11.0 Å². The van der Waals surface area contributed by atoms with Crippen LogP contribution in [0, 0.1) is 5.82 Å². The van der Waals surface area contributed by atoms with Crippen LogP contribution < -0.4 is 0 Å². The van der Waals surface area contributed by atoms with Crippen LogP contribution in [0.15, 0.2) is 18.2 Å². The summed E-state index contributed by atoms with van der Waals surface area (Å²) >= 11 is 0. The second kappa shape index (κ2) is 6.53. The summed E-state index contributed by atoms with van der Waals surface area (Å²) in [4.78, 5) is 13.3. The molecule has 3 heteroatoms. The van der Waals surface area contributed by atoms with E-state index in [0.29, 0.717) is 5.92 Å². The molecule has 0 heterocycles. The highest BCUT2D eigenvalue weighted by molar-refractivity contribution is 5.94.